The van der Waals surface area contributed by atoms with Gasteiger partial charge in [0.15, 0.2) is 0 Å². The number of carboxylic acids is 1. The summed E-state index contributed by atoms with van der Waals surface area (Å²) in [6.45, 7) is 0. The highest BCUT2D eigenvalue weighted by molar-refractivity contribution is 5.68. The van der Waals surface area contributed by atoms with E-state index in [9.17, 15) is 4.79 Å². The highest BCUT2D eigenvalue weighted by Gasteiger charge is 2.36. The van der Waals surface area contributed by atoms with E-state index in [0.717, 1.165) is 25.7 Å². The second-order valence-electron chi connectivity index (χ2n) is 3.66. The van der Waals surface area contributed by atoms with Gasteiger partial charge < -0.3 is 22.1 Å². The Kier molecular flexibility index (Phi) is 4.32. The molecule has 0 aromatic heterocycles. The number of hydrogen-bond donors (Lipinski definition) is 3. The Hall–Kier alpha value is -0.650. The molecule has 0 aromatic carbocycles. The van der Waals surface area contributed by atoms with Crippen molar-refractivity contribution in [2.24, 2.45) is 11.5 Å². The van der Waals surface area contributed by atoms with Gasteiger partial charge in [-0.2, -0.15) is 0 Å². The molecular formula is C8H18N2O3. The molecule has 0 bridgehead atoms. The monoisotopic (exact) mass is 190 g/mol. The first-order chi connectivity index (χ1) is 5.54. The molecule has 1 aliphatic rings. The van der Waals surface area contributed by atoms with Crippen LogP contribution in [0.1, 0.15) is 32.1 Å². The second kappa shape index (κ2) is 4.55. The average Bonchev–Trinajstić information content (AvgIpc) is 1.94. The Morgan fingerprint density at radius 1 is 1.54 bits per heavy atom. The van der Waals surface area contributed by atoms with Crippen LogP contribution in [0.3, 0.4) is 0 Å². The summed E-state index contributed by atoms with van der Waals surface area (Å²) in [6.07, 6.45) is 3.65. The Morgan fingerprint density at radius 3 is 2.62 bits per heavy atom. The molecule has 0 saturated heterocycles. The van der Waals surface area contributed by atoms with E-state index in [0.29, 0.717) is 0 Å². The summed E-state index contributed by atoms with van der Waals surface area (Å²) in [6, 6.07) is -0.151. The van der Waals surface area contributed by atoms with Crippen molar-refractivity contribution >= 4 is 5.97 Å². The molecule has 7 N–H and O–H groups in total. The molecule has 5 heteroatoms. The van der Waals surface area contributed by atoms with E-state index in [2.05, 4.69) is 0 Å². The molecular weight excluding hydrogens is 172 g/mol. The fourth-order valence-corrected chi connectivity index (χ4v) is 1.79. The van der Waals surface area contributed by atoms with Gasteiger partial charge in [-0.05, 0) is 12.8 Å². The number of nitrogens with two attached hydrogens (primary N) is 2. The molecule has 1 aliphatic carbocycles. The minimum absolute atomic E-state index is 0. The van der Waals surface area contributed by atoms with Crippen LogP contribution in [0.25, 0.3) is 0 Å². The van der Waals surface area contributed by atoms with Gasteiger partial charge in [0.25, 0.3) is 0 Å². The Labute approximate surface area is 77.4 Å². The fraction of sp³-hybridized carbons (Fsp3) is 0.875. The van der Waals surface area contributed by atoms with Crippen molar-refractivity contribution in [1.82, 2.24) is 0 Å². The highest BCUT2D eigenvalue weighted by atomic mass is 16.4. The molecule has 1 rings (SSSR count). The second-order valence-corrected chi connectivity index (χ2v) is 3.66. The maximum Gasteiger partial charge on any atom is 0.305 e. The number of carbonyl (C=O) groups is 1. The minimum Gasteiger partial charge on any atom is -0.481 e. The van der Waals surface area contributed by atoms with Crippen LogP contribution in [0.5, 0.6) is 0 Å². The predicted octanol–water partition coefficient (Wildman–Crippen LogP) is -0.765. The van der Waals surface area contributed by atoms with Gasteiger partial charge >= 0.3 is 5.97 Å². The standard InChI is InChI=1S/C8H16N2O2.H2O/c9-6-3-1-2-4-8(6,10)5-7(11)12;/h6H,1-5,9-10H2,(H,11,12);1H2. The molecule has 0 spiro atoms. The lowest BCUT2D eigenvalue weighted by Crippen LogP contribution is -2.58. The lowest BCUT2D eigenvalue weighted by Gasteiger charge is -2.37. The van der Waals surface area contributed by atoms with Gasteiger partial charge in [-0.15, -0.1) is 0 Å². The van der Waals surface area contributed by atoms with Crippen molar-refractivity contribution in [3.05, 3.63) is 0 Å². The summed E-state index contributed by atoms with van der Waals surface area (Å²) < 4.78 is 0. The third-order valence-corrected chi connectivity index (χ3v) is 2.63. The van der Waals surface area contributed by atoms with E-state index in [4.69, 9.17) is 16.6 Å². The van der Waals surface area contributed by atoms with Crippen LogP contribution < -0.4 is 11.5 Å². The number of rotatable bonds is 2. The van der Waals surface area contributed by atoms with Crippen LogP contribution in [-0.2, 0) is 4.79 Å². The van der Waals surface area contributed by atoms with E-state index in [1.165, 1.54) is 0 Å². The Bertz CT molecular complexity index is 186. The smallest absolute Gasteiger partial charge is 0.305 e. The molecule has 1 saturated carbocycles. The molecule has 13 heavy (non-hydrogen) atoms. The Balaban J connectivity index is 0.00000144. The van der Waals surface area contributed by atoms with Crippen molar-refractivity contribution in [1.29, 1.82) is 0 Å². The third kappa shape index (κ3) is 2.95. The summed E-state index contributed by atoms with van der Waals surface area (Å²) >= 11 is 0. The molecule has 0 aliphatic heterocycles. The van der Waals surface area contributed by atoms with Gasteiger partial charge in [0.05, 0.1) is 6.42 Å². The quantitative estimate of drug-likeness (QED) is 0.529. The zero-order valence-corrected chi connectivity index (χ0v) is 7.62. The van der Waals surface area contributed by atoms with Crippen LogP contribution >= 0.6 is 0 Å². The summed E-state index contributed by atoms with van der Waals surface area (Å²) in [5.41, 5.74) is 11.0. The lowest BCUT2D eigenvalue weighted by atomic mass is 9.76. The summed E-state index contributed by atoms with van der Waals surface area (Å²) in [5.74, 6) is -0.852. The van der Waals surface area contributed by atoms with Gasteiger partial charge in [-0.1, -0.05) is 12.8 Å². The zero-order chi connectivity index (χ0) is 9.19. The minimum atomic E-state index is -0.852. The van der Waals surface area contributed by atoms with Crippen molar-refractivity contribution in [2.45, 2.75) is 43.7 Å². The average molecular weight is 190 g/mol. The molecule has 0 amide bonds. The molecule has 1 fully saturated rings. The molecule has 78 valence electrons. The van der Waals surface area contributed by atoms with Crippen molar-refractivity contribution in [2.75, 3.05) is 0 Å². The van der Waals surface area contributed by atoms with Gasteiger partial charge in [0.2, 0.25) is 0 Å². The first-order valence-corrected chi connectivity index (χ1v) is 4.31. The largest absolute Gasteiger partial charge is 0.481 e. The SMILES string of the molecule is NC1CCCCC1(N)CC(=O)O.O. The fourth-order valence-electron chi connectivity index (χ4n) is 1.79. The third-order valence-electron chi connectivity index (χ3n) is 2.63. The zero-order valence-electron chi connectivity index (χ0n) is 7.62. The van der Waals surface area contributed by atoms with Crippen molar-refractivity contribution in [3.8, 4) is 0 Å². The molecule has 0 aromatic rings. The van der Waals surface area contributed by atoms with Crippen LogP contribution in [-0.4, -0.2) is 28.1 Å². The number of hydrogen-bond acceptors (Lipinski definition) is 3. The van der Waals surface area contributed by atoms with Gasteiger partial charge in [0, 0.05) is 11.6 Å². The Morgan fingerprint density at radius 2 is 2.15 bits per heavy atom. The maximum atomic E-state index is 10.5. The number of aliphatic carboxylic acids is 1. The predicted molar refractivity (Wildman–Crippen MR) is 49.2 cm³/mol. The molecule has 5 nitrogen and oxygen atoms in total. The highest BCUT2D eigenvalue weighted by Crippen LogP contribution is 2.27. The topological polar surface area (TPSA) is 121 Å². The van der Waals surface area contributed by atoms with Crippen molar-refractivity contribution < 1.29 is 15.4 Å². The van der Waals surface area contributed by atoms with Gasteiger partial charge in [-0.3, -0.25) is 4.79 Å². The lowest BCUT2D eigenvalue weighted by molar-refractivity contribution is -0.138. The molecule has 2 atom stereocenters. The van der Waals surface area contributed by atoms with Gasteiger partial charge in [0.1, 0.15) is 0 Å². The first kappa shape index (κ1) is 12.3. The molecule has 0 radical (unpaired) electrons. The first-order valence-electron chi connectivity index (χ1n) is 4.31. The van der Waals surface area contributed by atoms with E-state index in [1.54, 1.807) is 0 Å². The molecule has 0 heterocycles. The van der Waals surface area contributed by atoms with Crippen LogP contribution in [0.2, 0.25) is 0 Å². The van der Waals surface area contributed by atoms with Crippen LogP contribution in [0, 0.1) is 0 Å². The van der Waals surface area contributed by atoms with Crippen LogP contribution in [0.15, 0.2) is 0 Å². The summed E-state index contributed by atoms with van der Waals surface area (Å²) in [5, 5.41) is 8.61. The van der Waals surface area contributed by atoms with E-state index in [-0.39, 0.29) is 17.9 Å². The normalized spacial score (nSPS) is 33.5. The van der Waals surface area contributed by atoms with Gasteiger partial charge in [-0.25, -0.2) is 0 Å². The molecule has 2 unspecified atom stereocenters. The van der Waals surface area contributed by atoms with Crippen molar-refractivity contribution in [3.63, 3.8) is 0 Å². The maximum absolute atomic E-state index is 10.5. The van der Waals surface area contributed by atoms with E-state index in [1.807, 2.05) is 0 Å². The van der Waals surface area contributed by atoms with Crippen LogP contribution in [0.4, 0.5) is 0 Å². The number of carboxylic acid groups (broad SMARTS) is 1. The summed E-state index contributed by atoms with van der Waals surface area (Å²) in [7, 11) is 0. The van der Waals surface area contributed by atoms with E-state index < -0.39 is 11.5 Å². The van der Waals surface area contributed by atoms with E-state index >= 15 is 0 Å². The summed E-state index contributed by atoms with van der Waals surface area (Å²) in [4.78, 5) is 10.5.